The third kappa shape index (κ3) is 2.17. The Morgan fingerprint density at radius 3 is 2.53 bits per heavy atom. The molecule has 1 aliphatic carbocycles. The zero-order valence-electron chi connectivity index (χ0n) is 8.92. The Bertz CT molecular complexity index is 406. The lowest BCUT2D eigenvalue weighted by Gasteiger charge is -2.32. The summed E-state index contributed by atoms with van der Waals surface area (Å²) < 4.78 is 0.341. The molecular formula is C10H16N4S. The summed E-state index contributed by atoms with van der Waals surface area (Å²) in [6.07, 6.45) is 6.11. The number of nitrogens with one attached hydrogen (secondary N) is 1. The number of anilines is 1. The van der Waals surface area contributed by atoms with E-state index in [1.165, 1.54) is 19.3 Å². The predicted molar refractivity (Wildman–Crippen MR) is 62.1 cm³/mol. The second-order valence-electron chi connectivity index (χ2n) is 4.49. The third-order valence-corrected chi connectivity index (χ3v) is 3.38. The van der Waals surface area contributed by atoms with Crippen LogP contribution in [0.3, 0.4) is 0 Å². The monoisotopic (exact) mass is 224 g/mol. The van der Waals surface area contributed by atoms with Crippen molar-refractivity contribution in [3.05, 3.63) is 10.6 Å². The van der Waals surface area contributed by atoms with E-state index in [0.717, 1.165) is 18.7 Å². The molecule has 1 heterocycles. The minimum atomic E-state index is 0.100. The van der Waals surface area contributed by atoms with E-state index in [2.05, 4.69) is 21.9 Å². The number of hydrogen-bond acceptors (Lipinski definition) is 4. The van der Waals surface area contributed by atoms with E-state index in [1.807, 2.05) is 0 Å². The van der Waals surface area contributed by atoms with Crippen molar-refractivity contribution in [2.45, 2.75) is 44.4 Å². The Labute approximate surface area is 94.3 Å². The molecule has 0 radical (unpaired) electrons. The normalized spacial score (nSPS) is 20.1. The van der Waals surface area contributed by atoms with E-state index in [0.29, 0.717) is 10.7 Å². The van der Waals surface area contributed by atoms with Gasteiger partial charge >= 0.3 is 0 Å². The number of nitrogens with two attached hydrogens (primary N) is 1. The van der Waals surface area contributed by atoms with Gasteiger partial charge in [-0.05, 0) is 25.1 Å². The van der Waals surface area contributed by atoms with Crippen LogP contribution in [0.1, 0.15) is 44.9 Å². The van der Waals surface area contributed by atoms with Gasteiger partial charge in [0.2, 0.25) is 10.7 Å². The largest absolute Gasteiger partial charge is 0.369 e. The van der Waals surface area contributed by atoms with Crippen LogP contribution in [-0.4, -0.2) is 15.0 Å². The van der Waals surface area contributed by atoms with Gasteiger partial charge < -0.3 is 10.7 Å². The van der Waals surface area contributed by atoms with Crippen molar-refractivity contribution in [2.24, 2.45) is 0 Å². The highest BCUT2D eigenvalue weighted by molar-refractivity contribution is 7.71. The second-order valence-corrected chi connectivity index (χ2v) is 4.85. The molecule has 1 aliphatic rings. The van der Waals surface area contributed by atoms with Crippen molar-refractivity contribution in [2.75, 3.05) is 5.73 Å². The predicted octanol–water partition coefficient (Wildman–Crippen LogP) is 2.34. The van der Waals surface area contributed by atoms with Crippen LogP contribution in [0.2, 0.25) is 0 Å². The van der Waals surface area contributed by atoms with E-state index in [1.54, 1.807) is 0 Å². The number of aromatic amines is 1. The third-order valence-electron chi connectivity index (χ3n) is 3.20. The van der Waals surface area contributed by atoms with Crippen LogP contribution in [0.15, 0.2) is 0 Å². The standard InChI is InChI=1S/C10H16N4S/c1-10(5-3-2-4-6-10)7-12-8(11)14-9(15)13-7/h2-6H2,1H3,(H3,11,12,13,14,15). The number of H-pyrrole nitrogens is 1. The summed E-state index contributed by atoms with van der Waals surface area (Å²) in [7, 11) is 0. The molecule has 2 rings (SSSR count). The minimum Gasteiger partial charge on any atom is -0.369 e. The van der Waals surface area contributed by atoms with Crippen LogP contribution in [-0.2, 0) is 5.41 Å². The molecule has 0 aliphatic heterocycles. The van der Waals surface area contributed by atoms with Gasteiger partial charge in [0.25, 0.3) is 0 Å². The van der Waals surface area contributed by atoms with E-state index in [9.17, 15) is 0 Å². The molecule has 0 spiro atoms. The maximum absolute atomic E-state index is 5.65. The summed E-state index contributed by atoms with van der Waals surface area (Å²) in [5, 5.41) is 0. The maximum Gasteiger partial charge on any atom is 0.224 e. The van der Waals surface area contributed by atoms with Gasteiger partial charge in [-0.3, -0.25) is 0 Å². The molecule has 0 saturated heterocycles. The van der Waals surface area contributed by atoms with E-state index in [-0.39, 0.29) is 5.41 Å². The fourth-order valence-electron chi connectivity index (χ4n) is 2.26. The molecule has 5 heteroatoms. The molecule has 0 amide bonds. The van der Waals surface area contributed by atoms with Gasteiger partial charge in [-0.15, -0.1) is 0 Å². The Kier molecular flexibility index (Phi) is 2.73. The molecule has 1 fully saturated rings. The maximum atomic E-state index is 5.65. The first-order valence-corrected chi connectivity index (χ1v) is 5.75. The highest BCUT2D eigenvalue weighted by Crippen LogP contribution is 2.36. The molecule has 0 bridgehead atoms. The quantitative estimate of drug-likeness (QED) is 0.718. The summed E-state index contributed by atoms with van der Waals surface area (Å²) in [5.74, 6) is 1.27. The number of aromatic nitrogens is 3. The highest BCUT2D eigenvalue weighted by atomic mass is 32.1. The Morgan fingerprint density at radius 2 is 1.93 bits per heavy atom. The molecule has 1 saturated carbocycles. The first kappa shape index (κ1) is 10.5. The smallest absolute Gasteiger partial charge is 0.224 e. The Balaban J connectivity index is 2.38. The molecule has 15 heavy (non-hydrogen) atoms. The molecule has 0 aromatic carbocycles. The van der Waals surface area contributed by atoms with Gasteiger partial charge in [0, 0.05) is 5.41 Å². The highest BCUT2D eigenvalue weighted by Gasteiger charge is 2.31. The summed E-state index contributed by atoms with van der Waals surface area (Å²) in [6.45, 7) is 2.22. The first-order chi connectivity index (χ1) is 7.10. The van der Waals surface area contributed by atoms with Crippen molar-refractivity contribution in [3.63, 3.8) is 0 Å². The van der Waals surface area contributed by atoms with E-state index in [4.69, 9.17) is 18.0 Å². The lowest BCUT2D eigenvalue weighted by atomic mass is 9.75. The van der Waals surface area contributed by atoms with Gasteiger partial charge in [0.15, 0.2) is 0 Å². The molecule has 1 aromatic rings. The molecule has 4 nitrogen and oxygen atoms in total. The lowest BCUT2D eigenvalue weighted by molar-refractivity contribution is 0.303. The van der Waals surface area contributed by atoms with E-state index < -0.39 is 0 Å². The van der Waals surface area contributed by atoms with Crippen LogP contribution < -0.4 is 5.73 Å². The van der Waals surface area contributed by atoms with Crippen molar-refractivity contribution in [3.8, 4) is 0 Å². The fraction of sp³-hybridized carbons (Fsp3) is 0.700. The van der Waals surface area contributed by atoms with E-state index >= 15 is 0 Å². The van der Waals surface area contributed by atoms with Gasteiger partial charge in [-0.2, -0.15) is 4.98 Å². The SMILES string of the molecule is CC1(c2nc(=S)nc(N)[nH]2)CCCCC1. The van der Waals surface area contributed by atoms with Crippen LogP contribution in [0.5, 0.6) is 0 Å². The Morgan fingerprint density at radius 1 is 1.27 bits per heavy atom. The lowest BCUT2D eigenvalue weighted by Crippen LogP contribution is -2.28. The summed E-state index contributed by atoms with van der Waals surface area (Å²) in [6, 6.07) is 0. The zero-order chi connectivity index (χ0) is 10.9. The van der Waals surface area contributed by atoms with Crippen LogP contribution in [0.4, 0.5) is 5.95 Å². The molecule has 0 unspecified atom stereocenters. The molecule has 3 N–H and O–H groups in total. The van der Waals surface area contributed by atoms with Crippen LogP contribution in [0, 0.1) is 4.77 Å². The molecule has 1 aromatic heterocycles. The van der Waals surface area contributed by atoms with Gasteiger partial charge in [-0.1, -0.05) is 26.2 Å². The average Bonchev–Trinajstić information content (AvgIpc) is 2.17. The number of nitrogens with zero attached hydrogens (tertiary/aromatic N) is 2. The topological polar surface area (TPSA) is 67.6 Å². The average molecular weight is 224 g/mol. The summed E-state index contributed by atoms with van der Waals surface area (Å²) >= 11 is 4.98. The zero-order valence-corrected chi connectivity index (χ0v) is 9.73. The molecule has 82 valence electrons. The van der Waals surface area contributed by atoms with Crippen LogP contribution in [0.25, 0.3) is 0 Å². The van der Waals surface area contributed by atoms with Crippen molar-refractivity contribution in [1.29, 1.82) is 0 Å². The van der Waals surface area contributed by atoms with Gasteiger partial charge in [0.05, 0.1) is 0 Å². The van der Waals surface area contributed by atoms with Crippen molar-refractivity contribution in [1.82, 2.24) is 15.0 Å². The molecular weight excluding hydrogens is 208 g/mol. The van der Waals surface area contributed by atoms with Gasteiger partial charge in [-0.25, -0.2) is 4.98 Å². The fourth-order valence-corrected chi connectivity index (χ4v) is 2.45. The van der Waals surface area contributed by atoms with Crippen molar-refractivity contribution >= 4 is 18.2 Å². The molecule has 0 atom stereocenters. The number of rotatable bonds is 1. The Hall–Kier alpha value is -0.970. The summed E-state index contributed by atoms with van der Waals surface area (Å²) in [5.41, 5.74) is 5.75. The van der Waals surface area contributed by atoms with Gasteiger partial charge in [0.1, 0.15) is 5.82 Å². The summed E-state index contributed by atoms with van der Waals surface area (Å²) in [4.78, 5) is 11.2. The number of hydrogen-bond donors (Lipinski definition) is 2. The second kappa shape index (κ2) is 3.89. The minimum absolute atomic E-state index is 0.100. The first-order valence-electron chi connectivity index (χ1n) is 5.34. The number of nitrogen functional groups attached to an aromatic ring is 1. The van der Waals surface area contributed by atoms with Crippen molar-refractivity contribution < 1.29 is 0 Å². The van der Waals surface area contributed by atoms with Crippen LogP contribution >= 0.6 is 12.2 Å².